The van der Waals surface area contributed by atoms with Crippen LogP contribution in [0.15, 0.2) is 58.3 Å². The molecule has 0 aliphatic rings. The molecule has 4 N–H and O–H groups in total. The molecule has 0 spiro atoms. The standard InChI is InChI=1S/C12H12N2O6S2/c13-19-21(15,16)11-5-1-9(2-6-11)10-3-7-12(8-4-10)22(17,18)20-14/h1-8H,13-14H2. The van der Waals surface area contributed by atoms with E-state index in [1.54, 1.807) is 0 Å². The first kappa shape index (κ1) is 16.5. The molecule has 22 heavy (non-hydrogen) atoms. The third-order valence-corrected chi connectivity index (χ3v) is 5.08. The second-order valence-corrected chi connectivity index (χ2v) is 7.29. The predicted octanol–water partition coefficient (Wildman–Crippen LogP) is 0.512. The predicted molar refractivity (Wildman–Crippen MR) is 76.8 cm³/mol. The summed E-state index contributed by atoms with van der Waals surface area (Å²) in [6, 6.07) is 11.4. The van der Waals surface area contributed by atoms with Crippen LogP contribution in [0, 0.1) is 0 Å². The van der Waals surface area contributed by atoms with Gasteiger partial charge >= 0.3 is 20.2 Å². The summed E-state index contributed by atoms with van der Waals surface area (Å²) < 4.78 is 53.4. The van der Waals surface area contributed by atoms with Gasteiger partial charge in [0.2, 0.25) is 0 Å². The van der Waals surface area contributed by atoms with Gasteiger partial charge in [-0.2, -0.15) is 37.2 Å². The zero-order valence-corrected chi connectivity index (χ0v) is 12.7. The lowest BCUT2D eigenvalue weighted by molar-refractivity contribution is 0.332. The maximum absolute atomic E-state index is 11.4. The van der Waals surface area contributed by atoms with Gasteiger partial charge in [0, 0.05) is 0 Å². The topological polar surface area (TPSA) is 139 Å². The van der Waals surface area contributed by atoms with Crippen molar-refractivity contribution in [2.75, 3.05) is 0 Å². The Morgan fingerprint density at radius 1 is 0.591 bits per heavy atom. The van der Waals surface area contributed by atoms with Crippen molar-refractivity contribution in [3.8, 4) is 11.1 Å². The van der Waals surface area contributed by atoms with Crippen molar-refractivity contribution >= 4 is 20.2 Å². The molecular formula is C12H12N2O6S2. The monoisotopic (exact) mass is 344 g/mol. The van der Waals surface area contributed by atoms with Crippen LogP contribution in [0.5, 0.6) is 0 Å². The van der Waals surface area contributed by atoms with E-state index in [4.69, 9.17) is 11.8 Å². The number of benzene rings is 2. The van der Waals surface area contributed by atoms with E-state index in [1.165, 1.54) is 48.5 Å². The van der Waals surface area contributed by atoms with E-state index in [0.717, 1.165) is 0 Å². The number of rotatable bonds is 5. The maximum Gasteiger partial charge on any atom is 0.312 e. The van der Waals surface area contributed by atoms with Gasteiger partial charge in [0.1, 0.15) is 0 Å². The molecule has 2 rings (SSSR count). The van der Waals surface area contributed by atoms with Crippen LogP contribution in [0.4, 0.5) is 0 Å². The fourth-order valence-electron chi connectivity index (χ4n) is 1.74. The molecule has 0 fully saturated rings. The van der Waals surface area contributed by atoms with E-state index in [-0.39, 0.29) is 9.79 Å². The van der Waals surface area contributed by atoms with Gasteiger partial charge in [-0.05, 0) is 35.4 Å². The largest absolute Gasteiger partial charge is 0.312 e. The molecular weight excluding hydrogens is 332 g/mol. The average molecular weight is 344 g/mol. The van der Waals surface area contributed by atoms with Crippen LogP contribution in [0.3, 0.4) is 0 Å². The zero-order valence-electron chi connectivity index (χ0n) is 11.0. The SMILES string of the molecule is NOS(=O)(=O)c1ccc(-c2ccc(S(=O)(=O)ON)cc2)cc1. The fourth-order valence-corrected chi connectivity index (χ4v) is 2.90. The van der Waals surface area contributed by atoms with Gasteiger partial charge in [0.15, 0.2) is 0 Å². The molecule has 0 saturated heterocycles. The van der Waals surface area contributed by atoms with Crippen molar-refractivity contribution in [2.24, 2.45) is 11.8 Å². The minimum Gasteiger partial charge on any atom is -0.197 e. The van der Waals surface area contributed by atoms with Crippen molar-refractivity contribution in [1.29, 1.82) is 0 Å². The summed E-state index contributed by atoms with van der Waals surface area (Å²) in [4.78, 5) is -0.177. The van der Waals surface area contributed by atoms with Crippen molar-refractivity contribution in [3.63, 3.8) is 0 Å². The first-order chi connectivity index (χ1) is 10.3. The summed E-state index contributed by atoms with van der Waals surface area (Å²) in [6.07, 6.45) is 0. The summed E-state index contributed by atoms with van der Waals surface area (Å²) in [7, 11) is -7.92. The van der Waals surface area contributed by atoms with E-state index in [0.29, 0.717) is 11.1 Å². The summed E-state index contributed by atoms with van der Waals surface area (Å²) in [5.41, 5.74) is 1.35. The van der Waals surface area contributed by atoms with E-state index in [9.17, 15) is 16.8 Å². The van der Waals surface area contributed by atoms with E-state index in [1.807, 2.05) is 0 Å². The average Bonchev–Trinajstić information content (AvgIpc) is 2.55. The summed E-state index contributed by atoms with van der Waals surface area (Å²) in [5.74, 6) is 9.38. The molecule has 10 heteroatoms. The molecule has 0 heterocycles. The normalized spacial score (nSPS) is 12.3. The highest BCUT2D eigenvalue weighted by Gasteiger charge is 2.15. The molecule has 0 aliphatic carbocycles. The Balaban J connectivity index is 2.34. The Bertz CT molecular complexity index is 783. The van der Waals surface area contributed by atoms with Gasteiger partial charge in [-0.3, -0.25) is 0 Å². The molecule has 0 amide bonds. The molecule has 0 saturated carbocycles. The van der Waals surface area contributed by atoms with Crippen LogP contribution in [-0.2, 0) is 28.8 Å². The van der Waals surface area contributed by atoms with Gasteiger partial charge in [-0.1, -0.05) is 24.3 Å². The maximum atomic E-state index is 11.4. The molecule has 0 aliphatic heterocycles. The van der Waals surface area contributed by atoms with Crippen molar-refractivity contribution in [1.82, 2.24) is 0 Å². The second kappa shape index (κ2) is 6.12. The van der Waals surface area contributed by atoms with Crippen LogP contribution in [0.25, 0.3) is 11.1 Å². The summed E-state index contributed by atoms with van der Waals surface area (Å²) in [6.45, 7) is 0. The zero-order chi connectivity index (χ0) is 16.4. The van der Waals surface area contributed by atoms with Gasteiger partial charge in [-0.15, -0.1) is 0 Å². The number of hydrogen-bond donors (Lipinski definition) is 2. The third kappa shape index (κ3) is 3.32. The van der Waals surface area contributed by atoms with E-state index < -0.39 is 20.2 Å². The van der Waals surface area contributed by atoms with Gasteiger partial charge in [-0.25, -0.2) is 0 Å². The first-order valence-corrected chi connectivity index (χ1v) is 8.59. The van der Waals surface area contributed by atoms with Crippen LogP contribution < -0.4 is 11.8 Å². The third-order valence-electron chi connectivity index (χ3n) is 2.87. The Morgan fingerprint density at radius 3 is 1.09 bits per heavy atom. The highest BCUT2D eigenvalue weighted by atomic mass is 32.2. The molecule has 0 atom stereocenters. The molecule has 2 aromatic rings. The Morgan fingerprint density at radius 2 is 0.864 bits per heavy atom. The van der Waals surface area contributed by atoms with Gasteiger partial charge in [0.25, 0.3) is 0 Å². The summed E-state index contributed by atoms with van der Waals surface area (Å²) in [5, 5.41) is 0. The van der Waals surface area contributed by atoms with Crippen molar-refractivity contribution < 1.29 is 25.4 Å². The molecule has 0 bridgehead atoms. The van der Waals surface area contributed by atoms with Crippen LogP contribution in [0.1, 0.15) is 0 Å². The Kier molecular flexibility index (Phi) is 4.60. The van der Waals surface area contributed by atoms with E-state index >= 15 is 0 Å². The highest BCUT2D eigenvalue weighted by molar-refractivity contribution is 7.87. The minimum absolute atomic E-state index is 0.0884. The molecule has 8 nitrogen and oxygen atoms in total. The molecule has 0 aromatic heterocycles. The lowest BCUT2D eigenvalue weighted by atomic mass is 10.1. The fraction of sp³-hybridized carbons (Fsp3) is 0. The minimum atomic E-state index is -3.96. The van der Waals surface area contributed by atoms with Crippen LogP contribution >= 0.6 is 0 Å². The van der Waals surface area contributed by atoms with Crippen molar-refractivity contribution in [2.45, 2.75) is 9.79 Å². The second-order valence-electron chi connectivity index (χ2n) is 4.15. The van der Waals surface area contributed by atoms with Crippen LogP contribution in [0.2, 0.25) is 0 Å². The molecule has 2 aromatic carbocycles. The van der Waals surface area contributed by atoms with Crippen molar-refractivity contribution in [3.05, 3.63) is 48.5 Å². The highest BCUT2D eigenvalue weighted by Crippen LogP contribution is 2.23. The molecule has 0 radical (unpaired) electrons. The lowest BCUT2D eigenvalue weighted by Crippen LogP contribution is -2.11. The van der Waals surface area contributed by atoms with Crippen LogP contribution in [-0.4, -0.2) is 16.8 Å². The van der Waals surface area contributed by atoms with Gasteiger partial charge in [0.05, 0.1) is 9.79 Å². The molecule has 0 unspecified atom stereocenters. The molecule has 118 valence electrons. The van der Waals surface area contributed by atoms with Gasteiger partial charge < -0.3 is 0 Å². The smallest absolute Gasteiger partial charge is 0.197 e. The van der Waals surface area contributed by atoms with E-state index in [2.05, 4.69) is 8.57 Å². The number of nitrogens with two attached hydrogens (primary N) is 2. The number of hydrogen-bond acceptors (Lipinski definition) is 8. The first-order valence-electron chi connectivity index (χ1n) is 5.77. The quantitative estimate of drug-likeness (QED) is 0.748. The Hall–Kier alpha value is -1.82. The lowest BCUT2D eigenvalue weighted by Gasteiger charge is -2.05. The summed E-state index contributed by atoms with van der Waals surface area (Å²) >= 11 is 0. The Labute approximate surface area is 127 Å².